The topological polar surface area (TPSA) is 81.0 Å². The molecule has 1 fully saturated rings. The Morgan fingerprint density at radius 1 is 1.17 bits per heavy atom. The van der Waals surface area contributed by atoms with Crippen LogP contribution in [-0.2, 0) is 27.2 Å². The van der Waals surface area contributed by atoms with Gasteiger partial charge in [0.05, 0.1) is 44.8 Å². The highest BCUT2D eigenvalue weighted by molar-refractivity contribution is 5.67. The van der Waals surface area contributed by atoms with Crippen LogP contribution in [0.15, 0.2) is 29.1 Å². The SMILES string of the molecule is CCOCCOc1ccc2c(c1)CCn1c-2cc(OCCC2COCCO2)nc1=O. The Morgan fingerprint density at radius 2 is 2.10 bits per heavy atom. The lowest BCUT2D eigenvalue weighted by Crippen LogP contribution is -2.30. The van der Waals surface area contributed by atoms with Crippen LogP contribution in [0.4, 0.5) is 0 Å². The van der Waals surface area contributed by atoms with Crippen LogP contribution in [0.25, 0.3) is 11.3 Å². The molecule has 1 atom stereocenters. The van der Waals surface area contributed by atoms with E-state index in [9.17, 15) is 4.79 Å². The van der Waals surface area contributed by atoms with Gasteiger partial charge in [0.25, 0.3) is 0 Å². The molecule has 4 rings (SSSR count). The third-order valence-corrected chi connectivity index (χ3v) is 5.22. The Balaban J connectivity index is 1.45. The number of rotatable bonds is 9. The molecule has 162 valence electrons. The molecule has 2 aromatic rings. The van der Waals surface area contributed by atoms with Crippen molar-refractivity contribution in [3.8, 4) is 22.9 Å². The highest BCUT2D eigenvalue weighted by atomic mass is 16.6. The first-order valence-corrected chi connectivity index (χ1v) is 10.5. The fraction of sp³-hybridized carbons (Fsp3) is 0.545. The third-order valence-electron chi connectivity index (χ3n) is 5.22. The van der Waals surface area contributed by atoms with Gasteiger partial charge in [0.15, 0.2) is 0 Å². The van der Waals surface area contributed by atoms with Crippen LogP contribution in [0.5, 0.6) is 11.6 Å². The van der Waals surface area contributed by atoms with E-state index in [1.165, 1.54) is 0 Å². The lowest BCUT2D eigenvalue weighted by atomic mass is 9.97. The number of hydrogen-bond acceptors (Lipinski definition) is 7. The van der Waals surface area contributed by atoms with Gasteiger partial charge >= 0.3 is 5.69 Å². The molecule has 0 aliphatic carbocycles. The second-order valence-corrected chi connectivity index (χ2v) is 7.23. The van der Waals surface area contributed by atoms with E-state index in [0.29, 0.717) is 65.1 Å². The van der Waals surface area contributed by atoms with Gasteiger partial charge < -0.3 is 23.7 Å². The molecule has 0 amide bonds. The predicted octanol–water partition coefficient (Wildman–Crippen LogP) is 2.07. The Morgan fingerprint density at radius 3 is 2.93 bits per heavy atom. The van der Waals surface area contributed by atoms with Crippen LogP contribution in [0.1, 0.15) is 18.9 Å². The van der Waals surface area contributed by atoms with E-state index in [0.717, 1.165) is 29.0 Å². The summed E-state index contributed by atoms with van der Waals surface area (Å²) >= 11 is 0. The van der Waals surface area contributed by atoms with Crippen molar-refractivity contribution < 1.29 is 23.7 Å². The molecule has 2 aliphatic heterocycles. The van der Waals surface area contributed by atoms with E-state index in [-0.39, 0.29) is 11.8 Å². The molecule has 0 saturated carbocycles. The Labute approximate surface area is 175 Å². The molecule has 0 radical (unpaired) electrons. The maximum absolute atomic E-state index is 12.5. The maximum Gasteiger partial charge on any atom is 0.351 e. The average molecular weight is 416 g/mol. The number of benzene rings is 1. The second kappa shape index (κ2) is 10.1. The highest BCUT2D eigenvalue weighted by Gasteiger charge is 2.20. The first-order valence-electron chi connectivity index (χ1n) is 10.5. The fourth-order valence-electron chi connectivity index (χ4n) is 3.71. The van der Waals surface area contributed by atoms with Crippen molar-refractivity contribution in [3.63, 3.8) is 0 Å². The zero-order chi connectivity index (χ0) is 20.8. The van der Waals surface area contributed by atoms with Gasteiger partial charge in [0, 0.05) is 31.2 Å². The standard InChI is InChI=1S/C22H28N2O6/c1-2-26-9-11-28-17-3-4-19-16(13-17)5-7-24-20(19)14-21(23-22(24)25)30-8-6-18-15-27-10-12-29-18/h3-4,13-14,18H,2,5-12,15H2,1H3. The molecule has 0 spiro atoms. The van der Waals surface area contributed by atoms with Gasteiger partial charge in [-0.25, -0.2) is 4.79 Å². The van der Waals surface area contributed by atoms with Gasteiger partial charge in [-0.05, 0) is 37.1 Å². The normalized spacial score (nSPS) is 17.8. The van der Waals surface area contributed by atoms with E-state index >= 15 is 0 Å². The second-order valence-electron chi connectivity index (χ2n) is 7.23. The summed E-state index contributed by atoms with van der Waals surface area (Å²) in [4.78, 5) is 16.6. The number of aryl methyl sites for hydroxylation is 1. The van der Waals surface area contributed by atoms with Gasteiger partial charge in [-0.2, -0.15) is 4.98 Å². The van der Waals surface area contributed by atoms with Crippen molar-refractivity contribution in [2.75, 3.05) is 46.2 Å². The van der Waals surface area contributed by atoms with E-state index < -0.39 is 0 Å². The predicted molar refractivity (Wildman–Crippen MR) is 110 cm³/mol. The van der Waals surface area contributed by atoms with Gasteiger partial charge in [-0.1, -0.05) is 0 Å². The summed E-state index contributed by atoms with van der Waals surface area (Å²) in [7, 11) is 0. The Bertz CT molecular complexity index is 907. The summed E-state index contributed by atoms with van der Waals surface area (Å²) in [6, 6.07) is 7.79. The van der Waals surface area contributed by atoms with Crippen LogP contribution in [-0.4, -0.2) is 61.9 Å². The van der Waals surface area contributed by atoms with Gasteiger partial charge in [0.1, 0.15) is 12.4 Å². The average Bonchev–Trinajstić information content (AvgIpc) is 2.77. The molecular formula is C22H28N2O6. The summed E-state index contributed by atoms with van der Waals surface area (Å²) in [6.45, 7) is 6.55. The van der Waals surface area contributed by atoms with E-state index in [1.807, 2.05) is 31.2 Å². The van der Waals surface area contributed by atoms with Crippen molar-refractivity contribution >= 4 is 0 Å². The minimum absolute atomic E-state index is 0.0272. The zero-order valence-corrected chi connectivity index (χ0v) is 17.3. The lowest BCUT2D eigenvalue weighted by Gasteiger charge is -2.23. The summed E-state index contributed by atoms with van der Waals surface area (Å²) in [5, 5.41) is 0. The summed E-state index contributed by atoms with van der Waals surface area (Å²) in [5.41, 5.74) is 2.69. The van der Waals surface area contributed by atoms with Crippen molar-refractivity contribution in [2.24, 2.45) is 0 Å². The van der Waals surface area contributed by atoms with Crippen LogP contribution in [0.3, 0.4) is 0 Å². The van der Waals surface area contributed by atoms with Crippen LogP contribution < -0.4 is 15.2 Å². The van der Waals surface area contributed by atoms with Crippen LogP contribution in [0.2, 0.25) is 0 Å². The van der Waals surface area contributed by atoms with Crippen molar-refractivity contribution in [3.05, 3.63) is 40.3 Å². The summed E-state index contributed by atoms with van der Waals surface area (Å²) < 4.78 is 29.6. The third kappa shape index (κ3) is 5.00. The highest BCUT2D eigenvalue weighted by Crippen LogP contribution is 2.32. The summed E-state index contributed by atoms with van der Waals surface area (Å²) in [6.07, 6.45) is 1.48. The number of nitrogens with zero attached hydrogens (tertiary/aromatic N) is 2. The van der Waals surface area contributed by atoms with Crippen LogP contribution >= 0.6 is 0 Å². The number of ether oxygens (including phenoxy) is 5. The molecule has 1 saturated heterocycles. The van der Waals surface area contributed by atoms with Crippen LogP contribution in [0, 0.1) is 0 Å². The van der Waals surface area contributed by atoms with Gasteiger partial charge in [0.2, 0.25) is 5.88 Å². The van der Waals surface area contributed by atoms with Gasteiger partial charge in [-0.15, -0.1) is 0 Å². The number of hydrogen-bond donors (Lipinski definition) is 0. The Kier molecular flexibility index (Phi) is 6.99. The quantitative estimate of drug-likeness (QED) is 0.579. The van der Waals surface area contributed by atoms with E-state index in [4.69, 9.17) is 23.7 Å². The monoisotopic (exact) mass is 416 g/mol. The number of aromatic nitrogens is 2. The summed E-state index contributed by atoms with van der Waals surface area (Å²) in [5.74, 6) is 1.15. The minimum atomic E-state index is -0.289. The molecule has 30 heavy (non-hydrogen) atoms. The van der Waals surface area contributed by atoms with Crippen molar-refractivity contribution in [1.29, 1.82) is 0 Å². The number of fused-ring (bicyclic) bond motifs is 3. The molecule has 1 aromatic carbocycles. The molecular weight excluding hydrogens is 388 g/mol. The largest absolute Gasteiger partial charge is 0.491 e. The van der Waals surface area contributed by atoms with Crippen molar-refractivity contribution in [1.82, 2.24) is 9.55 Å². The van der Waals surface area contributed by atoms with E-state index in [1.54, 1.807) is 4.57 Å². The molecule has 8 nitrogen and oxygen atoms in total. The first kappa shape index (κ1) is 20.8. The van der Waals surface area contributed by atoms with Crippen molar-refractivity contribution in [2.45, 2.75) is 32.4 Å². The minimum Gasteiger partial charge on any atom is -0.491 e. The van der Waals surface area contributed by atoms with Gasteiger partial charge in [-0.3, -0.25) is 4.57 Å². The molecule has 0 bridgehead atoms. The molecule has 3 heterocycles. The lowest BCUT2D eigenvalue weighted by molar-refractivity contribution is -0.0936. The molecule has 1 aromatic heterocycles. The smallest absolute Gasteiger partial charge is 0.351 e. The van der Waals surface area contributed by atoms with E-state index in [2.05, 4.69) is 4.98 Å². The Hall–Kier alpha value is -2.42. The first-order chi connectivity index (χ1) is 14.7. The zero-order valence-electron chi connectivity index (χ0n) is 17.3. The molecule has 8 heteroatoms. The molecule has 1 unspecified atom stereocenters. The maximum atomic E-state index is 12.5. The fourth-order valence-corrected chi connectivity index (χ4v) is 3.71. The molecule has 2 aliphatic rings. The molecule has 0 N–H and O–H groups in total.